The number of carbonyl (C=O) groups is 2. The van der Waals surface area contributed by atoms with Gasteiger partial charge in [0, 0.05) is 17.6 Å². The summed E-state index contributed by atoms with van der Waals surface area (Å²) in [6.07, 6.45) is 4.21. The normalized spacial score (nSPS) is 18.6. The molecule has 3 unspecified atom stereocenters. The number of halogens is 1. The Bertz CT molecular complexity index is 1310. The van der Waals surface area contributed by atoms with Gasteiger partial charge in [-0.1, -0.05) is 91.7 Å². The van der Waals surface area contributed by atoms with Gasteiger partial charge in [0.05, 0.1) is 30.5 Å². The molecular weight excluding hydrogens is 596 g/mol. The highest BCUT2D eigenvalue weighted by Crippen LogP contribution is 2.41. The van der Waals surface area contributed by atoms with Gasteiger partial charge in [0.1, 0.15) is 17.6 Å². The van der Waals surface area contributed by atoms with Crippen LogP contribution in [0.2, 0.25) is 5.02 Å². The number of aliphatic carboxylic acids is 1. The molecule has 2 saturated carbocycles. The lowest BCUT2D eigenvalue weighted by Crippen LogP contribution is -2.54. The topological polar surface area (TPSA) is 87.1 Å². The van der Waals surface area contributed by atoms with Crippen molar-refractivity contribution < 1.29 is 23.6 Å². The monoisotopic (exact) mass is 640 g/mol. The number of amides is 1. The summed E-state index contributed by atoms with van der Waals surface area (Å²) in [5.74, 6) is -0.396. The van der Waals surface area contributed by atoms with Crippen molar-refractivity contribution in [2.24, 2.45) is 5.92 Å². The standard InChI is InChI=1S/C24H27ClN2O3S.C7H8.C2H4O2.C2H6/c25-19-10-8-18(9-11-19)23-15-30-16-24(28)27(23)22(17-6-7-17)14-26(31(29)21-12-13-21)20-4-2-1-3-5-20;1-7-5-3-2-4-6-7;1-2(3)4;1-2/h1-5,8-11,17,21-23H,6-7,12-16H2;2-6H,1H3;1H3,(H,3,4);1-2H3. The second-order valence-electron chi connectivity index (χ2n) is 10.8. The Kier molecular flexibility index (Phi) is 14.4. The number of aryl methyl sites for hydroxylation is 1. The van der Waals surface area contributed by atoms with Crippen LogP contribution in [-0.4, -0.2) is 57.1 Å². The first-order valence-corrected chi connectivity index (χ1v) is 16.9. The van der Waals surface area contributed by atoms with Crippen molar-refractivity contribution in [1.29, 1.82) is 0 Å². The van der Waals surface area contributed by atoms with E-state index in [0.29, 0.717) is 24.1 Å². The molecule has 3 atom stereocenters. The summed E-state index contributed by atoms with van der Waals surface area (Å²) < 4.78 is 21.0. The molecule has 238 valence electrons. The molecule has 44 heavy (non-hydrogen) atoms. The van der Waals surface area contributed by atoms with Gasteiger partial charge in [-0.15, -0.1) is 0 Å². The summed E-state index contributed by atoms with van der Waals surface area (Å²) in [7, 11) is -1.09. The fourth-order valence-corrected chi connectivity index (χ4v) is 6.57. The van der Waals surface area contributed by atoms with E-state index in [4.69, 9.17) is 26.2 Å². The Morgan fingerprint density at radius 3 is 2.00 bits per heavy atom. The number of ether oxygens (including phenoxy) is 1. The molecule has 3 aliphatic rings. The molecule has 6 rings (SSSR count). The highest BCUT2D eigenvalue weighted by Gasteiger charge is 2.45. The van der Waals surface area contributed by atoms with Gasteiger partial charge in [-0.2, -0.15) is 0 Å². The molecular formula is C35H45ClN2O5S. The first kappa shape index (κ1) is 35.3. The van der Waals surface area contributed by atoms with Crippen LogP contribution in [0, 0.1) is 12.8 Å². The van der Waals surface area contributed by atoms with Crippen LogP contribution >= 0.6 is 11.6 Å². The lowest BCUT2D eigenvalue weighted by atomic mass is 10.00. The van der Waals surface area contributed by atoms with Gasteiger partial charge in [0.2, 0.25) is 5.91 Å². The Morgan fingerprint density at radius 1 is 0.977 bits per heavy atom. The van der Waals surface area contributed by atoms with Crippen molar-refractivity contribution in [3.05, 3.63) is 101 Å². The van der Waals surface area contributed by atoms with Crippen molar-refractivity contribution in [1.82, 2.24) is 4.90 Å². The van der Waals surface area contributed by atoms with Crippen LogP contribution in [0.25, 0.3) is 0 Å². The van der Waals surface area contributed by atoms with Gasteiger partial charge in [-0.05, 0) is 68.4 Å². The van der Waals surface area contributed by atoms with Crippen LogP contribution in [0.3, 0.4) is 0 Å². The van der Waals surface area contributed by atoms with Crippen molar-refractivity contribution in [3.8, 4) is 0 Å². The van der Waals surface area contributed by atoms with E-state index in [9.17, 15) is 9.00 Å². The molecule has 1 N–H and O–H groups in total. The van der Waals surface area contributed by atoms with Gasteiger partial charge in [-0.3, -0.25) is 13.9 Å². The second kappa shape index (κ2) is 17.9. The number of nitrogens with zero attached hydrogens (tertiary/aromatic N) is 2. The fraction of sp³-hybridized carbons (Fsp3) is 0.429. The summed E-state index contributed by atoms with van der Waals surface area (Å²) in [6, 6.07) is 27.7. The molecule has 2 aliphatic carbocycles. The maximum atomic E-state index is 13.3. The molecule has 0 aromatic heterocycles. The van der Waals surface area contributed by atoms with Crippen LogP contribution in [0.4, 0.5) is 5.69 Å². The maximum absolute atomic E-state index is 13.3. The molecule has 3 fully saturated rings. The second-order valence-corrected chi connectivity index (χ2v) is 12.9. The van der Waals surface area contributed by atoms with Crippen LogP contribution in [0.1, 0.15) is 63.6 Å². The molecule has 1 aliphatic heterocycles. The molecule has 7 nitrogen and oxygen atoms in total. The molecule has 0 bridgehead atoms. The number of hydrogen-bond donors (Lipinski definition) is 1. The number of benzene rings is 3. The Labute approximate surface area is 269 Å². The van der Waals surface area contributed by atoms with E-state index in [-0.39, 0.29) is 29.8 Å². The van der Waals surface area contributed by atoms with Crippen LogP contribution in [0.15, 0.2) is 84.9 Å². The zero-order chi connectivity index (χ0) is 32.1. The average Bonchev–Trinajstić information content (AvgIpc) is 3.95. The zero-order valence-electron chi connectivity index (χ0n) is 26.1. The Morgan fingerprint density at radius 2 is 1.52 bits per heavy atom. The maximum Gasteiger partial charge on any atom is 0.300 e. The molecule has 0 spiro atoms. The van der Waals surface area contributed by atoms with Gasteiger partial charge >= 0.3 is 0 Å². The van der Waals surface area contributed by atoms with Crippen molar-refractivity contribution >= 4 is 40.2 Å². The highest BCUT2D eigenvalue weighted by molar-refractivity contribution is 7.87. The van der Waals surface area contributed by atoms with Crippen molar-refractivity contribution in [2.75, 3.05) is 24.1 Å². The van der Waals surface area contributed by atoms with E-state index in [1.165, 1.54) is 5.56 Å². The molecule has 1 saturated heterocycles. The SMILES string of the molecule is CC.CC(=O)O.Cc1ccccc1.O=C1COCC(c2ccc(Cl)cc2)N1C(CN(c1ccccc1)S(=O)C1CC1)C1CC1. The predicted molar refractivity (Wildman–Crippen MR) is 179 cm³/mol. The Balaban J connectivity index is 0.000000343. The van der Waals surface area contributed by atoms with Crippen molar-refractivity contribution in [2.45, 2.75) is 70.7 Å². The first-order chi connectivity index (χ1) is 21.2. The third-order valence-corrected chi connectivity index (χ3v) is 9.36. The van der Waals surface area contributed by atoms with Crippen LogP contribution < -0.4 is 4.31 Å². The van der Waals surface area contributed by atoms with Crippen LogP contribution in [-0.2, 0) is 25.3 Å². The van der Waals surface area contributed by atoms with Gasteiger partial charge < -0.3 is 14.7 Å². The third kappa shape index (κ3) is 11.1. The van der Waals surface area contributed by atoms with Gasteiger partial charge in [0.15, 0.2) is 0 Å². The Hall–Kier alpha value is -3.20. The van der Waals surface area contributed by atoms with E-state index in [2.05, 4.69) is 19.1 Å². The van der Waals surface area contributed by atoms with E-state index < -0.39 is 17.0 Å². The van der Waals surface area contributed by atoms with E-state index in [1.807, 2.05) is 95.8 Å². The summed E-state index contributed by atoms with van der Waals surface area (Å²) in [5, 5.41) is 8.32. The minimum atomic E-state index is -1.09. The van der Waals surface area contributed by atoms with E-state index in [1.54, 1.807) is 0 Å². The van der Waals surface area contributed by atoms with E-state index >= 15 is 0 Å². The van der Waals surface area contributed by atoms with Gasteiger partial charge in [-0.25, -0.2) is 4.21 Å². The molecule has 1 amide bonds. The summed E-state index contributed by atoms with van der Waals surface area (Å²) in [6.45, 7) is 8.31. The summed E-state index contributed by atoms with van der Waals surface area (Å²) in [4.78, 5) is 24.2. The molecule has 0 radical (unpaired) electrons. The average molecular weight is 641 g/mol. The smallest absolute Gasteiger partial charge is 0.300 e. The van der Waals surface area contributed by atoms with Crippen LogP contribution in [0.5, 0.6) is 0 Å². The zero-order valence-corrected chi connectivity index (χ0v) is 27.7. The number of para-hydroxylation sites is 1. The number of carboxylic acids is 1. The summed E-state index contributed by atoms with van der Waals surface area (Å²) >= 11 is 6.09. The number of morpholine rings is 1. The molecule has 1 heterocycles. The minimum Gasteiger partial charge on any atom is -0.481 e. The molecule has 9 heteroatoms. The summed E-state index contributed by atoms with van der Waals surface area (Å²) in [5.41, 5.74) is 3.31. The first-order valence-electron chi connectivity index (χ1n) is 15.3. The number of carboxylic acid groups (broad SMARTS) is 1. The number of rotatable bonds is 8. The molecule has 3 aromatic carbocycles. The fourth-order valence-electron chi connectivity index (χ4n) is 4.92. The largest absolute Gasteiger partial charge is 0.481 e. The van der Waals surface area contributed by atoms with E-state index in [0.717, 1.165) is 43.9 Å². The lowest BCUT2D eigenvalue weighted by molar-refractivity contribution is -0.152. The number of anilines is 1. The highest BCUT2D eigenvalue weighted by atomic mass is 35.5. The van der Waals surface area contributed by atoms with Crippen molar-refractivity contribution in [3.63, 3.8) is 0 Å². The van der Waals surface area contributed by atoms with Gasteiger partial charge in [0.25, 0.3) is 5.97 Å². The molecule has 3 aromatic rings. The predicted octanol–water partition coefficient (Wildman–Crippen LogP) is 7.46. The quantitative estimate of drug-likeness (QED) is 0.276. The number of carbonyl (C=O) groups excluding carboxylic acids is 1. The third-order valence-electron chi connectivity index (χ3n) is 7.27. The number of hydrogen-bond acceptors (Lipinski definition) is 4. The minimum absolute atomic E-state index is 0.0000146. The lowest BCUT2D eigenvalue weighted by Gasteiger charge is -2.43.